The number of methoxy groups -OCH3 is 1. The smallest absolute Gasteiger partial charge is 0.223 e. The van der Waals surface area contributed by atoms with Gasteiger partial charge in [-0.2, -0.15) is 0 Å². The summed E-state index contributed by atoms with van der Waals surface area (Å²) in [4.78, 5) is 14.8. The molecule has 3 aromatic rings. The number of carbonyl (C=O) groups excluding carboxylic acids is 1. The minimum absolute atomic E-state index is 0.0453. The average Bonchev–Trinajstić information content (AvgIpc) is 2.73. The summed E-state index contributed by atoms with van der Waals surface area (Å²) < 4.78 is 18.8. The molecule has 0 aliphatic heterocycles. The first kappa shape index (κ1) is 19.6. The molecule has 0 saturated carbocycles. The molecule has 3 rings (SSSR count). The summed E-state index contributed by atoms with van der Waals surface area (Å²) in [6, 6.07) is 24.7. The summed E-state index contributed by atoms with van der Waals surface area (Å²) in [5.41, 5.74) is 2.95. The number of amides is 1. The second kappa shape index (κ2) is 9.70. The first-order valence-electron chi connectivity index (χ1n) is 9.34. The summed E-state index contributed by atoms with van der Waals surface area (Å²) in [6.45, 7) is 1.09. The summed E-state index contributed by atoms with van der Waals surface area (Å²) >= 11 is 0. The van der Waals surface area contributed by atoms with E-state index < -0.39 is 5.82 Å². The lowest BCUT2D eigenvalue weighted by molar-refractivity contribution is -0.132. The van der Waals surface area contributed by atoms with E-state index >= 15 is 0 Å². The lowest BCUT2D eigenvalue weighted by Crippen LogP contribution is -2.30. The Kier molecular flexibility index (Phi) is 6.79. The summed E-state index contributed by atoms with van der Waals surface area (Å²) in [5, 5.41) is 0. The fourth-order valence-corrected chi connectivity index (χ4v) is 3.11. The van der Waals surface area contributed by atoms with Gasteiger partial charge in [0.25, 0.3) is 0 Å². The monoisotopic (exact) mass is 377 g/mol. The van der Waals surface area contributed by atoms with Crippen LogP contribution in [-0.2, 0) is 24.3 Å². The highest BCUT2D eigenvalue weighted by molar-refractivity contribution is 5.76. The van der Waals surface area contributed by atoms with Crippen LogP contribution in [0, 0.1) is 5.82 Å². The molecule has 144 valence electrons. The van der Waals surface area contributed by atoms with Gasteiger partial charge in [0.2, 0.25) is 5.91 Å². The van der Waals surface area contributed by atoms with E-state index in [1.807, 2.05) is 65.6 Å². The first-order chi connectivity index (χ1) is 13.7. The molecule has 0 atom stereocenters. The third-order valence-electron chi connectivity index (χ3n) is 4.63. The number of carbonyl (C=O) groups is 1. The highest BCUT2D eigenvalue weighted by Crippen LogP contribution is 2.19. The van der Waals surface area contributed by atoms with Crippen molar-refractivity contribution >= 4 is 5.91 Å². The molecule has 0 saturated heterocycles. The van der Waals surface area contributed by atoms with Crippen molar-refractivity contribution in [3.05, 3.63) is 101 Å². The predicted molar refractivity (Wildman–Crippen MR) is 108 cm³/mol. The van der Waals surface area contributed by atoms with E-state index in [-0.39, 0.29) is 11.7 Å². The van der Waals surface area contributed by atoms with E-state index in [2.05, 4.69) is 0 Å². The number of ether oxygens (including phenoxy) is 1. The Hall–Kier alpha value is -3.14. The van der Waals surface area contributed by atoms with Gasteiger partial charge in [0.1, 0.15) is 0 Å². The molecule has 0 N–H and O–H groups in total. The highest BCUT2D eigenvalue weighted by atomic mass is 19.1. The van der Waals surface area contributed by atoms with Gasteiger partial charge in [-0.25, -0.2) is 4.39 Å². The fourth-order valence-electron chi connectivity index (χ4n) is 3.11. The molecule has 0 radical (unpaired) electrons. The summed E-state index contributed by atoms with van der Waals surface area (Å²) in [7, 11) is 1.44. The standard InChI is InChI=1S/C24H24FNO2/c1-28-23-14-12-19(16-22(23)25)13-15-24(27)26(17-20-8-4-2-5-9-20)18-21-10-6-3-7-11-21/h2-12,14,16H,13,15,17-18H2,1H3. The van der Waals surface area contributed by atoms with Gasteiger partial charge < -0.3 is 9.64 Å². The maximum atomic E-state index is 13.9. The first-order valence-corrected chi connectivity index (χ1v) is 9.34. The van der Waals surface area contributed by atoms with Crippen molar-refractivity contribution < 1.29 is 13.9 Å². The Morgan fingerprint density at radius 2 is 1.43 bits per heavy atom. The molecule has 1 amide bonds. The summed E-state index contributed by atoms with van der Waals surface area (Å²) in [6.07, 6.45) is 0.811. The third-order valence-corrected chi connectivity index (χ3v) is 4.63. The average molecular weight is 377 g/mol. The Bertz CT molecular complexity index is 855. The zero-order chi connectivity index (χ0) is 19.8. The van der Waals surface area contributed by atoms with Crippen molar-refractivity contribution in [2.24, 2.45) is 0 Å². The van der Waals surface area contributed by atoms with E-state index in [1.54, 1.807) is 12.1 Å². The van der Waals surface area contributed by atoms with Gasteiger partial charge in [0.05, 0.1) is 7.11 Å². The van der Waals surface area contributed by atoms with Crippen LogP contribution in [0.3, 0.4) is 0 Å². The molecule has 0 fully saturated rings. The van der Waals surface area contributed by atoms with Crippen LogP contribution in [0.25, 0.3) is 0 Å². The molecule has 3 aromatic carbocycles. The number of halogens is 1. The van der Waals surface area contributed by atoms with E-state index in [4.69, 9.17) is 4.74 Å². The zero-order valence-electron chi connectivity index (χ0n) is 16.0. The minimum Gasteiger partial charge on any atom is -0.494 e. The van der Waals surface area contributed by atoms with Crippen LogP contribution in [0.4, 0.5) is 4.39 Å². The SMILES string of the molecule is COc1ccc(CCC(=O)N(Cc2ccccc2)Cc2ccccc2)cc1F. The molecule has 0 aromatic heterocycles. The molecule has 0 spiro atoms. The minimum atomic E-state index is -0.405. The van der Waals surface area contributed by atoms with Crippen molar-refractivity contribution in [3.63, 3.8) is 0 Å². The second-order valence-electron chi connectivity index (χ2n) is 6.69. The van der Waals surface area contributed by atoms with Crippen LogP contribution in [-0.4, -0.2) is 17.9 Å². The lowest BCUT2D eigenvalue weighted by atomic mass is 10.1. The van der Waals surface area contributed by atoms with Gasteiger partial charge in [0.15, 0.2) is 11.6 Å². The van der Waals surface area contributed by atoms with Gasteiger partial charge in [0, 0.05) is 19.5 Å². The molecule has 0 aliphatic carbocycles. The van der Waals surface area contributed by atoms with Gasteiger partial charge in [-0.15, -0.1) is 0 Å². The Morgan fingerprint density at radius 3 is 1.93 bits per heavy atom. The van der Waals surface area contributed by atoms with Gasteiger partial charge in [-0.1, -0.05) is 66.7 Å². The van der Waals surface area contributed by atoms with E-state index in [1.165, 1.54) is 13.2 Å². The number of aryl methyl sites for hydroxylation is 1. The molecule has 3 nitrogen and oxygen atoms in total. The van der Waals surface area contributed by atoms with E-state index in [9.17, 15) is 9.18 Å². The Balaban J connectivity index is 1.69. The van der Waals surface area contributed by atoms with Crippen LogP contribution in [0.2, 0.25) is 0 Å². The molecule has 0 aliphatic rings. The molecule has 28 heavy (non-hydrogen) atoms. The molecule has 4 heteroatoms. The molecular weight excluding hydrogens is 353 g/mol. The van der Waals surface area contributed by atoms with Crippen LogP contribution >= 0.6 is 0 Å². The van der Waals surface area contributed by atoms with Crippen LogP contribution in [0.15, 0.2) is 78.9 Å². The number of rotatable bonds is 8. The van der Waals surface area contributed by atoms with E-state index in [0.717, 1.165) is 16.7 Å². The number of hydrogen-bond donors (Lipinski definition) is 0. The Labute approximate surface area is 165 Å². The predicted octanol–water partition coefficient (Wildman–Crippen LogP) is 5.00. The number of benzene rings is 3. The maximum Gasteiger partial charge on any atom is 0.223 e. The molecule has 0 unspecified atom stereocenters. The second-order valence-corrected chi connectivity index (χ2v) is 6.69. The van der Waals surface area contributed by atoms with Gasteiger partial charge in [-0.3, -0.25) is 4.79 Å². The zero-order valence-corrected chi connectivity index (χ0v) is 16.0. The number of nitrogens with zero attached hydrogens (tertiary/aromatic N) is 1. The summed E-state index contributed by atoms with van der Waals surface area (Å²) in [5.74, 6) is -0.147. The largest absolute Gasteiger partial charge is 0.494 e. The highest BCUT2D eigenvalue weighted by Gasteiger charge is 2.15. The lowest BCUT2D eigenvalue weighted by Gasteiger charge is -2.23. The topological polar surface area (TPSA) is 29.5 Å². The Morgan fingerprint density at radius 1 is 0.857 bits per heavy atom. The van der Waals surface area contributed by atoms with Crippen LogP contribution in [0.1, 0.15) is 23.1 Å². The van der Waals surface area contributed by atoms with Crippen molar-refractivity contribution in [1.29, 1.82) is 0 Å². The molecular formula is C24H24FNO2. The molecule has 0 bridgehead atoms. The van der Waals surface area contributed by atoms with Crippen molar-refractivity contribution in [2.75, 3.05) is 7.11 Å². The van der Waals surface area contributed by atoms with Crippen LogP contribution < -0.4 is 4.74 Å². The van der Waals surface area contributed by atoms with Crippen molar-refractivity contribution in [1.82, 2.24) is 4.90 Å². The third kappa shape index (κ3) is 5.43. The van der Waals surface area contributed by atoms with Gasteiger partial charge >= 0.3 is 0 Å². The van der Waals surface area contributed by atoms with Crippen molar-refractivity contribution in [2.45, 2.75) is 25.9 Å². The quantitative estimate of drug-likeness (QED) is 0.553. The normalized spacial score (nSPS) is 10.5. The number of hydrogen-bond acceptors (Lipinski definition) is 2. The fraction of sp³-hybridized carbons (Fsp3) is 0.208. The molecule has 0 heterocycles. The van der Waals surface area contributed by atoms with Crippen LogP contribution in [0.5, 0.6) is 5.75 Å². The van der Waals surface area contributed by atoms with E-state index in [0.29, 0.717) is 25.9 Å². The van der Waals surface area contributed by atoms with Crippen molar-refractivity contribution in [3.8, 4) is 5.75 Å². The van der Waals surface area contributed by atoms with Gasteiger partial charge in [-0.05, 0) is 35.2 Å². The maximum absolute atomic E-state index is 13.9.